The molecule has 1 amide bonds. The summed E-state index contributed by atoms with van der Waals surface area (Å²) < 4.78 is 5.42. The standard InChI is InChI=1S/C19H20N2O4/c1-3-5-15-10-13(11-17(18(15)23)25-4-2)12-20-21-19(24)14-6-8-16(22)9-7-14/h3,6-12,22-23H,1,4-5H2,2H3,(H,21,24)/b20-12-. The van der Waals surface area contributed by atoms with Crippen LogP contribution in [-0.4, -0.2) is 28.9 Å². The Labute approximate surface area is 146 Å². The van der Waals surface area contributed by atoms with Crippen LogP contribution >= 0.6 is 0 Å². The lowest BCUT2D eigenvalue weighted by Gasteiger charge is -2.10. The number of phenols is 2. The number of hydrogen-bond acceptors (Lipinski definition) is 5. The Bertz CT molecular complexity index is 783. The molecule has 0 spiro atoms. The fraction of sp³-hybridized carbons (Fsp3) is 0.158. The van der Waals surface area contributed by atoms with Crippen LogP contribution in [0.3, 0.4) is 0 Å². The molecule has 0 radical (unpaired) electrons. The van der Waals surface area contributed by atoms with Crippen molar-refractivity contribution in [1.29, 1.82) is 0 Å². The normalized spacial score (nSPS) is 10.6. The van der Waals surface area contributed by atoms with Gasteiger partial charge in [0.2, 0.25) is 0 Å². The predicted octanol–water partition coefficient (Wildman–Crippen LogP) is 2.99. The first-order chi connectivity index (χ1) is 12.0. The minimum Gasteiger partial charge on any atom is -0.508 e. The molecule has 0 unspecified atom stereocenters. The van der Waals surface area contributed by atoms with Crippen molar-refractivity contribution in [1.82, 2.24) is 5.43 Å². The van der Waals surface area contributed by atoms with E-state index in [1.165, 1.54) is 30.5 Å². The van der Waals surface area contributed by atoms with Crippen LogP contribution in [0.5, 0.6) is 17.2 Å². The summed E-state index contributed by atoms with van der Waals surface area (Å²) in [6, 6.07) is 9.23. The van der Waals surface area contributed by atoms with E-state index in [-0.39, 0.29) is 11.5 Å². The molecule has 25 heavy (non-hydrogen) atoms. The molecule has 2 aromatic carbocycles. The van der Waals surface area contributed by atoms with E-state index in [0.29, 0.717) is 35.5 Å². The van der Waals surface area contributed by atoms with E-state index >= 15 is 0 Å². The van der Waals surface area contributed by atoms with E-state index < -0.39 is 5.91 Å². The highest BCUT2D eigenvalue weighted by molar-refractivity contribution is 5.95. The summed E-state index contributed by atoms with van der Waals surface area (Å²) >= 11 is 0. The van der Waals surface area contributed by atoms with E-state index in [0.717, 1.165) is 0 Å². The molecule has 0 bridgehead atoms. The maximum atomic E-state index is 12.0. The number of phenolic OH excluding ortho intramolecular Hbond substituents is 2. The van der Waals surface area contributed by atoms with E-state index in [4.69, 9.17) is 4.74 Å². The molecule has 0 aliphatic rings. The highest BCUT2D eigenvalue weighted by Gasteiger charge is 2.10. The van der Waals surface area contributed by atoms with Gasteiger partial charge in [-0.1, -0.05) is 6.08 Å². The Morgan fingerprint density at radius 3 is 2.64 bits per heavy atom. The zero-order valence-corrected chi connectivity index (χ0v) is 13.9. The maximum Gasteiger partial charge on any atom is 0.271 e. The molecule has 0 saturated heterocycles. The van der Waals surface area contributed by atoms with Crippen LogP contribution in [0.2, 0.25) is 0 Å². The molecule has 0 heterocycles. The number of benzene rings is 2. The number of rotatable bonds is 7. The van der Waals surface area contributed by atoms with Gasteiger partial charge in [0.1, 0.15) is 5.75 Å². The van der Waals surface area contributed by atoms with Crippen LogP contribution < -0.4 is 10.2 Å². The minimum atomic E-state index is -0.397. The third kappa shape index (κ3) is 4.84. The number of hydrogen-bond donors (Lipinski definition) is 3. The van der Waals surface area contributed by atoms with E-state index in [1.54, 1.807) is 18.2 Å². The maximum absolute atomic E-state index is 12.0. The van der Waals surface area contributed by atoms with Crippen molar-refractivity contribution < 1.29 is 19.7 Å². The van der Waals surface area contributed by atoms with Gasteiger partial charge < -0.3 is 14.9 Å². The van der Waals surface area contributed by atoms with Crippen molar-refractivity contribution in [3.05, 3.63) is 65.7 Å². The molecule has 6 heteroatoms. The largest absolute Gasteiger partial charge is 0.508 e. The van der Waals surface area contributed by atoms with Crippen molar-refractivity contribution in [2.75, 3.05) is 6.61 Å². The molecule has 2 aromatic rings. The Morgan fingerprint density at radius 1 is 1.28 bits per heavy atom. The monoisotopic (exact) mass is 340 g/mol. The van der Waals surface area contributed by atoms with Crippen molar-refractivity contribution in [2.45, 2.75) is 13.3 Å². The number of aromatic hydroxyl groups is 2. The number of nitrogens with zero attached hydrogens (tertiary/aromatic N) is 1. The Balaban J connectivity index is 2.15. The van der Waals surface area contributed by atoms with Crippen molar-refractivity contribution in [3.8, 4) is 17.2 Å². The number of carbonyl (C=O) groups is 1. The molecule has 6 nitrogen and oxygen atoms in total. The van der Waals surface area contributed by atoms with Crippen LogP contribution in [-0.2, 0) is 6.42 Å². The fourth-order valence-corrected chi connectivity index (χ4v) is 2.18. The molecule has 2 rings (SSSR count). The summed E-state index contributed by atoms with van der Waals surface area (Å²) in [6.45, 7) is 5.91. The SMILES string of the molecule is C=CCc1cc(/C=N\NC(=O)c2ccc(O)cc2)cc(OCC)c1O. The van der Waals surface area contributed by atoms with Gasteiger partial charge in [-0.15, -0.1) is 6.58 Å². The van der Waals surface area contributed by atoms with Crippen molar-refractivity contribution in [2.24, 2.45) is 5.10 Å². The van der Waals surface area contributed by atoms with Crippen LogP contribution in [0.4, 0.5) is 0 Å². The highest BCUT2D eigenvalue weighted by atomic mass is 16.5. The van der Waals surface area contributed by atoms with Gasteiger partial charge >= 0.3 is 0 Å². The number of hydrazone groups is 1. The minimum absolute atomic E-state index is 0.0760. The van der Waals surface area contributed by atoms with Gasteiger partial charge in [-0.25, -0.2) is 5.43 Å². The van der Waals surface area contributed by atoms with Crippen molar-refractivity contribution in [3.63, 3.8) is 0 Å². The lowest BCUT2D eigenvalue weighted by atomic mass is 10.1. The predicted molar refractivity (Wildman–Crippen MR) is 96.3 cm³/mol. The number of nitrogens with one attached hydrogen (secondary N) is 1. The molecular weight excluding hydrogens is 320 g/mol. The summed E-state index contributed by atoms with van der Waals surface area (Å²) in [4.78, 5) is 12.0. The summed E-state index contributed by atoms with van der Waals surface area (Å²) in [5.41, 5.74) is 4.12. The number of amides is 1. The number of carbonyl (C=O) groups excluding carboxylic acids is 1. The Morgan fingerprint density at radius 2 is 2.00 bits per heavy atom. The molecule has 3 N–H and O–H groups in total. The van der Waals surface area contributed by atoms with Gasteiger partial charge in [0.25, 0.3) is 5.91 Å². The van der Waals surface area contributed by atoms with Crippen LogP contribution in [0.1, 0.15) is 28.4 Å². The number of ether oxygens (including phenoxy) is 1. The second kappa shape index (κ2) is 8.54. The lowest BCUT2D eigenvalue weighted by Crippen LogP contribution is -2.17. The van der Waals surface area contributed by atoms with Gasteiger partial charge in [0.05, 0.1) is 12.8 Å². The summed E-state index contributed by atoms with van der Waals surface area (Å²) in [5.74, 6) is 0.119. The molecule has 0 aliphatic carbocycles. The van der Waals surface area contributed by atoms with Gasteiger partial charge in [-0.05, 0) is 55.3 Å². The quantitative estimate of drug-likeness (QED) is 0.410. The lowest BCUT2D eigenvalue weighted by molar-refractivity contribution is 0.0955. The molecule has 0 aromatic heterocycles. The third-order valence-electron chi connectivity index (χ3n) is 3.35. The molecular formula is C19H20N2O4. The summed E-state index contributed by atoms with van der Waals surface area (Å²) in [7, 11) is 0. The highest BCUT2D eigenvalue weighted by Crippen LogP contribution is 2.31. The first-order valence-electron chi connectivity index (χ1n) is 7.77. The molecule has 0 aliphatic heterocycles. The van der Waals surface area contributed by atoms with Gasteiger partial charge in [0.15, 0.2) is 11.5 Å². The van der Waals surface area contributed by atoms with E-state index in [9.17, 15) is 15.0 Å². The summed E-state index contributed by atoms with van der Waals surface area (Å²) in [5, 5.41) is 23.3. The second-order valence-corrected chi connectivity index (χ2v) is 5.20. The molecule has 130 valence electrons. The molecule has 0 fully saturated rings. The van der Waals surface area contributed by atoms with Crippen molar-refractivity contribution >= 4 is 12.1 Å². The number of allylic oxidation sites excluding steroid dienone is 1. The molecule has 0 atom stereocenters. The second-order valence-electron chi connectivity index (χ2n) is 5.20. The fourth-order valence-electron chi connectivity index (χ4n) is 2.18. The average molecular weight is 340 g/mol. The van der Waals surface area contributed by atoms with Gasteiger partial charge in [-0.3, -0.25) is 4.79 Å². The average Bonchev–Trinajstić information content (AvgIpc) is 2.59. The van der Waals surface area contributed by atoms with Crippen LogP contribution in [0, 0.1) is 0 Å². The smallest absolute Gasteiger partial charge is 0.271 e. The first kappa shape index (κ1) is 18.1. The molecule has 0 saturated carbocycles. The van der Waals surface area contributed by atoms with Crippen LogP contribution in [0.15, 0.2) is 54.2 Å². The third-order valence-corrected chi connectivity index (χ3v) is 3.35. The Hall–Kier alpha value is -3.28. The van der Waals surface area contributed by atoms with E-state index in [1.807, 2.05) is 6.92 Å². The van der Waals surface area contributed by atoms with Gasteiger partial charge in [-0.2, -0.15) is 5.10 Å². The first-order valence-corrected chi connectivity index (χ1v) is 7.77. The Kier molecular flexibility index (Phi) is 6.17. The zero-order chi connectivity index (χ0) is 18.2. The zero-order valence-electron chi connectivity index (χ0n) is 13.9. The topological polar surface area (TPSA) is 91.2 Å². The summed E-state index contributed by atoms with van der Waals surface area (Å²) in [6.07, 6.45) is 3.62. The van der Waals surface area contributed by atoms with E-state index in [2.05, 4.69) is 17.1 Å². The van der Waals surface area contributed by atoms with Gasteiger partial charge in [0, 0.05) is 11.1 Å². The van der Waals surface area contributed by atoms with Crippen LogP contribution in [0.25, 0.3) is 0 Å².